The van der Waals surface area contributed by atoms with Crippen molar-refractivity contribution in [1.29, 1.82) is 0 Å². The minimum absolute atomic E-state index is 0.109. The minimum Gasteiger partial charge on any atom is -0.336 e. The van der Waals surface area contributed by atoms with Crippen molar-refractivity contribution in [2.75, 3.05) is 13.1 Å². The average molecular weight is 244 g/mol. The molecule has 4 nitrogen and oxygen atoms in total. The van der Waals surface area contributed by atoms with Gasteiger partial charge in [0.1, 0.15) is 0 Å². The SMILES string of the molecule is O=C1NCCN1C(=O)c1cc(F)c(F)c(F)c1. The lowest BCUT2D eigenvalue weighted by Gasteiger charge is -2.12. The Kier molecular flexibility index (Phi) is 2.74. The van der Waals surface area contributed by atoms with Gasteiger partial charge >= 0.3 is 6.03 Å². The molecule has 0 saturated carbocycles. The largest absolute Gasteiger partial charge is 0.336 e. The van der Waals surface area contributed by atoms with Crippen LogP contribution in [0.2, 0.25) is 0 Å². The number of rotatable bonds is 1. The molecule has 1 N–H and O–H groups in total. The first kappa shape index (κ1) is 11.4. The average Bonchev–Trinajstić information content (AvgIpc) is 2.70. The number of amides is 3. The summed E-state index contributed by atoms with van der Waals surface area (Å²) in [6, 6.07) is 0.485. The summed E-state index contributed by atoms with van der Waals surface area (Å²) >= 11 is 0. The molecule has 0 bridgehead atoms. The van der Waals surface area contributed by atoms with E-state index in [0.29, 0.717) is 12.1 Å². The minimum atomic E-state index is -1.65. The molecule has 0 atom stereocenters. The van der Waals surface area contributed by atoms with Gasteiger partial charge in [0, 0.05) is 18.7 Å². The lowest BCUT2D eigenvalue weighted by molar-refractivity contribution is 0.0828. The number of hydrogen-bond acceptors (Lipinski definition) is 2. The van der Waals surface area contributed by atoms with Crippen LogP contribution in [0, 0.1) is 17.5 Å². The van der Waals surface area contributed by atoms with Gasteiger partial charge in [0.05, 0.1) is 0 Å². The van der Waals surface area contributed by atoms with E-state index in [9.17, 15) is 22.8 Å². The summed E-state index contributed by atoms with van der Waals surface area (Å²) in [7, 11) is 0. The molecule has 1 saturated heterocycles. The van der Waals surface area contributed by atoms with Crippen LogP contribution in [0.4, 0.5) is 18.0 Å². The Labute approximate surface area is 94.0 Å². The molecule has 0 spiro atoms. The fourth-order valence-corrected chi connectivity index (χ4v) is 1.50. The van der Waals surface area contributed by atoms with Gasteiger partial charge in [-0.2, -0.15) is 0 Å². The van der Waals surface area contributed by atoms with E-state index in [2.05, 4.69) is 5.32 Å². The summed E-state index contributed by atoms with van der Waals surface area (Å²) in [6.45, 7) is 0.384. The van der Waals surface area contributed by atoms with Gasteiger partial charge < -0.3 is 5.32 Å². The van der Waals surface area contributed by atoms with Crippen molar-refractivity contribution in [3.8, 4) is 0 Å². The first-order chi connectivity index (χ1) is 8.00. The Balaban J connectivity index is 2.34. The summed E-state index contributed by atoms with van der Waals surface area (Å²) in [5.41, 5.74) is -0.404. The predicted octanol–water partition coefficient (Wildman–Crippen LogP) is 1.27. The molecular weight excluding hydrogens is 237 g/mol. The third-order valence-corrected chi connectivity index (χ3v) is 2.33. The van der Waals surface area contributed by atoms with Gasteiger partial charge in [-0.3, -0.25) is 9.69 Å². The molecule has 17 heavy (non-hydrogen) atoms. The van der Waals surface area contributed by atoms with Crippen LogP contribution in [-0.4, -0.2) is 29.9 Å². The predicted molar refractivity (Wildman–Crippen MR) is 50.8 cm³/mol. The molecule has 0 radical (unpaired) electrons. The van der Waals surface area contributed by atoms with Gasteiger partial charge in [0.2, 0.25) is 0 Å². The van der Waals surface area contributed by atoms with E-state index < -0.39 is 35.0 Å². The molecule has 1 aromatic carbocycles. The molecule has 90 valence electrons. The van der Waals surface area contributed by atoms with Crippen molar-refractivity contribution in [3.63, 3.8) is 0 Å². The maximum absolute atomic E-state index is 12.9. The van der Waals surface area contributed by atoms with Gasteiger partial charge in [-0.05, 0) is 12.1 Å². The molecule has 2 rings (SSSR count). The number of nitrogens with zero attached hydrogens (tertiary/aromatic N) is 1. The Morgan fingerprint density at radius 2 is 1.82 bits per heavy atom. The lowest BCUT2D eigenvalue weighted by Crippen LogP contribution is -2.34. The van der Waals surface area contributed by atoms with Crippen molar-refractivity contribution >= 4 is 11.9 Å². The molecule has 1 fully saturated rings. The number of hydrogen-bond donors (Lipinski definition) is 1. The van der Waals surface area contributed by atoms with Crippen LogP contribution >= 0.6 is 0 Å². The number of nitrogens with one attached hydrogen (secondary N) is 1. The van der Waals surface area contributed by atoms with Crippen molar-refractivity contribution in [2.45, 2.75) is 0 Å². The number of urea groups is 1. The molecule has 1 aliphatic heterocycles. The first-order valence-electron chi connectivity index (χ1n) is 4.75. The molecule has 1 heterocycles. The second-order valence-electron chi connectivity index (χ2n) is 3.44. The topological polar surface area (TPSA) is 49.4 Å². The third kappa shape index (κ3) is 1.95. The monoisotopic (exact) mass is 244 g/mol. The Morgan fingerprint density at radius 1 is 1.24 bits per heavy atom. The molecule has 1 aliphatic rings. The van der Waals surface area contributed by atoms with Crippen LogP contribution in [0.5, 0.6) is 0 Å². The van der Waals surface area contributed by atoms with Gasteiger partial charge in [-0.1, -0.05) is 0 Å². The van der Waals surface area contributed by atoms with Gasteiger partial charge in [-0.25, -0.2) is 18.0 Å². The molecule has 0 unspecified atom stereocenters. The van der Waals surface area contributed by atoms with E-state index in [-0.39, 0.29) is 13.1 Å². The highest BCUT2D eigenvalue weighted by Crippen LogP contribution is 2.16. The van der Waals surface area contributed by atoms with Crippen LogP contribution in [0.25, 0.3) is 0 Å². The highest BCUT2D eigenvalue weighted by atomic mass is 19.2. The van der Waals surface area contributed by atoms with Gasteiger partial charge in [0.15, 0.2) is 17.5 Å². The Bertz CT molecular complexity index is 481. The van der Waals surface area contributed by atoms with Crippen molar-refractivity contribution in [3.05, 3.63) is 35.1 Å². The summed E-state index contributed by atoms with van der Waals surface area (Å²) in [4.78, 5) is 23.6. The van der Waals surface area contributed by atoms with E-state index in [1.54, 1.807) is 0 Å². The van der Waals surface area contributed by atoms with Crippen LogP contribution in [0.1, 0.15) is 10.4 Å². The standard InChI is InChI=1S/C10H7F3N2O2/c11-6-3-5(4-7(12)8(6)13)9(16)15-2-1-14-10(15)17/h3-4H,1-2H2,(H,14,17). The quantitative estimate of drug-likeness (QED) is 0.756. The highest BCUT2D eigenvalue weighted by Gasteiger charge is 2.28. The summed E-state index contributed by atoms with van der Waals surface area (Å²) in [6.07, 6.45) is 0. The highest BCUT2D eigenvalue weighted by molar-refractivity contribution is 6.05. The van der Waals surface area contributed by atoms with Crippen LogP contribution in [0.3, 0.4) is 0 Å². The van der Waals surface area contributed by atoms with Gasteiger partial charge in [0.25, 0.3) is 5.91 Å². The van der Waals surface area contributed by atoms with Crippen LogP contribution < -0.4 is 5.32 Å². The molecule has 0 aromatic heterocycles. The summed E-state index contributed by atoms with van der Waals surface area (Å²) in [5, 5.41) is 2.37. The number of halogens is 3. The van der Waals surface area contributed by atoms with E-state index in [4.69, 9.17) is 0 Å². The van der Waals surface area contributed by atoms with Crippen LogP contribution in [-0.2, 0) is 0 Å². The van der Waals surface area contributed by atoms with E-state index >= 15 is 0 Å². The van der Waals surface area contributed by atoms with E-state index in [0.717, 1.165) is 4.90 Å². The van der Waals surface area contributed by atoms with Crippen molar-refractivity contribution in [2.24, 2.45) is 0 Å². The first-order valence-corrected chi connectivity index (χ1v) is 4.75. The second-order valence-corrected chi connectivity index (χ2v) is 3.44. The van der Waals surface area contributed by atoms with Crippen molar-refractivity contribution in [1.82, 2.24) is 10.2 Å². The summed E-state index contributed by atoms with van der Waals surface area (Å²) in [5.74, 6) is -5.44. The zero-order valence-electron chi connectivity index (χ0n) is 8.47. The molecule has 3 amide bonds. The normalized spacial score (nSPS) is 15.0. The Hall–Kier alpha value is -2.05. The number of benzene rings is 1. The molecule has 0 aliphatic carbocycles. The number of carbonyl (C=O) groups is 2. The fraction of sp³-hybridized carbons (Fsp3) is 0.200. The molecular formula is C10H7F3N2O2. The zero-order chi connectivity index (χ0) is 12.6. The van der Waals surface area contributed by atoms with E-state index in [1.165, 1.54) is 0 Å². The second kappa shape index (κ2) is 4.08. The molecule has 7 heteroatoms. The third-order valence-electron chi connectivity index (χ3n) is 2.33. The van der Waals surface area contributed by atoms with Crippen LogP contribution in [0.15, 0.2) is 12.1 Å². The Morgan fingerprint density at radius 3 is 2.29 bits per heavy atom. The zero-order valence-corrected chi connectivity index (χ0v) is 8.47. The maximum Gasteiger partial charge on any atom is 0.324 e. The lowest BCUT2D eigenvalue weighted by atomic mass is 10.2. The summed E-state index contributed by atoms with van der Waals surface area (Å²) < 4.78 is 38.5. The fourth-order valence-electron chi connectivity index (χ4n) is 1.50. The smallest absolute Gasteiger partial charge is 0.324 e. The van der Waals surface area contributed by atoms with Crippen molar-refractivity contribution < 1.29 is 22.8 Å². The number of imide groups is 1. The van der Waals surface area contributed by atoms with Gasteiger partial charge in [-0.15, -0.1) is 0 Å². The van der Waals surface area contributed by atoms with E-state index in [1.807, 2.05) is 0 Å². The maximum atomic E-state index is 12.9. The molecule has 1 aromatic rings. The number of carbonyl (C=O) groups excluding carboxylic acids is 2.